The number of aromatic nitrogens is 5. The molecule has 0 aromatic carbocycles. The third-order valence-corrected chi connectivity index (χ3v) is 4.69. The molecule has 1 saturated heterocycles. The maximum atomic E-state index is 12.8. The smallest absolute Gasteiger partial charge is 0.257 e. The zero-order valence-corrected chi connectivity index (χ0v) is 15.1. The van der Waals surface area contributed by atoms with Crippen LogP contribution in [0.15, 0.2) is 41.4 Å². The van der Waals surface area contributed by atoms with Crippen molar-refractivity contribution >= 4 is 5.91 Å². The van der Waals surface area contributed by atoms with Gasteiger partial charge in [-0.15, -0.1) is 0 Å². The second-order valence-electron chi connectivity index (χ2n) is 6.53. The van der Waals surface area contributed by atoms with Crippen molar-refractivity contribution in [2.75, 3.05) is 13.1 Å². The van der Waals surface area contributed by atoms with Gasteiger partial charge in [0.25, 0.3) is 5.91 Å². The number of likely N-dealkylation sites (tertiary alicyclic amines) is 1. The Bertz CT molecular complexity index is 909. The van der Waals surface area contributed by atoms with Crippen molar-refractivity contribution in [2.24, 2.45) is 0 Å². The highest BCUT2D eigenvalue weighted by Gasteiger charge is 2.29. The van der Waals surface area contributed by atoms with Crippen LogP contribution in [0.4, 0.5) is 0 Å². The number of nitrogens with zero attached hydrogens (tertiary/aromatic N) is 6. The summed E-state index contributed by atoms with van der Waals surface area (Å²) in [6.07, 6.45) is 9.14. The first-order valence-corrected chi connectivity index (χ1v) is 9.08. The molecule has 0 radical (unpaired) electrons. The Kier molecular flexibility index (Phi) is 4.86. The number of carbonyl (C=O) groups excluding carboxylic acids is 1. The minimum Gasteiger partial charge on any atom is -0.339 e. The summed E-state index contributed by atoms with van der Waals surface area (Å²) in [6, 6.07) is 3.72. The number of hydrogen-bond acceptors (Lipinski definition) is 7. The van der Waals surface area contributed by atoms with E-state index in [2.05, 4.69) is 25.1 Å². The molecule has 0 saturated carbocycles. The zero-order valence-electron chi connectivity index (χ0n) is 15.1. The number of hydrogen-bond donors (Lipinski definition) is 0. The molecule has 1 fully saturated rings. The molecule has 0 aliphatic carbocycles. The Balaban J connectivity index is 1.48. The normalized spacial score (nSPS) is 17.1. The average molecular weight is 364 g/mol. The van der Waals surface area contributed by atoms with E-state index in [0.29, 0.717) is 30.4 Å². The molecular formula is C19H20N6O2. The number of aryl methyl sites for hydroxylation is 1. The van der Waals surface area contributed by atoms with Crippen molar-refractivity contribution in [1.82, 2.24) is 30.0 Å². The largest absolute Gasteiger partial charge is 0.339 e. The second-order valence-corrected chi connectivity index (χ2v) is 6.53. The first kappa shape index (κ1) is 17.3. The molecule has 1 amide bonds. The molecule has 138 valence electrons. The molecule has 1 atom stereocenters. The first-order chi connectivity index (χ1) is 13.2. The summed E-state index contributed by atoms with van der Waals surface area (Å²) in [6.45, 7) is 3.23. The third kappa shape index (κ3) is 3.69. The lowest BCUT2D eigenvalue weighted by Gasteiger charge is -2.30. The van der Waals surface area contributed by atoms with Gasteiger partial charge in [-0.3, -0.25) is 9.78 Å². The van der Waals surface area contributed by atoms with Crippen LogP contribution in [0.5, 0.6) is 0 Å². The fourth-order valence-corrected chi connectivity index (χ4v) is 3.21. The van der Waals surface area contributed by atoms with E-state index in [1.54, 1.807) is 24.8 Å². The van der Waals surface area contributed by atoms with Gasteiger partial charge < -0.3 is 9.42 Å². The van der Waals surface area contributed by atoms with Crippen LogP contribution in [0.3, 0.4) is 0 Å². The van der Waals surface area contributed by atoms with E-state index in [4.69, 9.17) is 4.52 Å². The van der Waals surface area contributed by atoms with Gasteiger partial charge in [0.15, 0.2) is 0 Å². The van der Waals surface area contributed by atoms with Gasteiger partial charge >= 0.3 is 0 Å². The molecule has 3 aromatic heterocycles. The SMILES string of the molecule is CCc1ncc(C(=O)N2CCC[C@H](c3nc(-c4cccnc4)no3)C2)cn1. The molecule has 8 nitrogen and oxygen atoms in total. The average Bonchev–Trinajstić information content (AvgIpc) is 3.24. The van der Waals surface area contributed by atoms with Crippen LogP contribution in [0.1, 0.15) is 47.8 Å². The van der Waals surface area contributed by atoms with E-state index in [1.807, 2.05) is 24.0 Å². The number of amides is 1. The highest BCUT2D eigenvalue weighted by Crippen LogP contribution is 2.28. The maximum Gasteiger partial charge on any atom is 0.257 e. The molecule has 0 bridgehead atoms. The van der Waals surface area contributed by atoms with Crippen molar-refractivity contribution in [3.05, 3.63) is 54.2 Å². The summed E-state index contributed by atoms with van der Waals surface area (Å²) in [5.74, 6) is 1.77. The van der Waals surface area contributed by atoms with Crippen molar-refractivity contribution in [1.29, 1.82) is 0 Å². The van der Waals surface area contributed by atoms with Gasteiger partial charge in [-0.05, 0) is 25.0 Å². The fraction of sp³-hybridized carbons (Fsp3) is 0.368. The molecule has 0 spiro atoms. The molecule has 0 N–H and O–H groups in total. The Morgan fingerprint density at radius 3 is 2.89 bits per heavy atom. The van der Waals surface area contributed by atoms with E-state index in [0.717, 1.165) is 30.7 Å². The van der Waals surface area contributed by atoms with Crippen molar-refractivity contribution < 1.29 is 9.32 Å². The van der Waals surface area contributed by atoms with E-state index < -0.39 is 0 Å². The van der Waals surface area contributed by atoms with Gasteiger partial charge in [0.2, 0.25) is 11.7 Å². The van der Waals surface area contributed by atoms with E-state index in [9.17, 15) is 4.79 Å². The Morgan fingerprint density at radius 1 is 1.30 bits per heavy atom. The lowest BCUT2D eigenvalue weighted by Crippen LogP contribution is -2.39. The molecule has 8 heteroatoms. The highest BCUT2D eigenvalue weighted by atomic mass is 16.5. The monoisotopic (exact) mass is 364 g/mol. The lowest BCUT2D eigenvalue weighted by molar-refractivity contribution is 0.0694. The molecular weight excluding hydrogens is 344 g/mol. The minimum absolute atomic E-state index is 0.0245. The summed E-state index contributed by atoms with van der Waals surface area (Å²) >= 11 is 0. The fourth-order valence-electron chi connectivity index (χ4n) is 3.21. The van der Waals surface area contributed by atoms with E-state index >= 15 is 0 Å². The molecule has 0 unspecified atom stereocenters. The first-order valence-electron chi connectivity index (χ1n) is 9.08. The van der Waals surface area contributed by atoms with Crippen molar-refractivity contribution in [3.8, 4) is 11.4 Å². The van der Waals surface area contributed by atoms with Crippen LogP contribution in [-0.4, -0.2) is 49.0 Å². The predicted molar refractivity (Wildman–Crippen MR) is 96.8 cm³/mol. The van der Waals surface area contributed by atoms with Gasteiger partial charge in [0.05, 0.1) is 11.5 Å². The van der Waals surface area contributed by atoms with Gasteiger partial charge in [0.1, 0.15) is 5.82 Å². The Hall–Kier alpha value is -3.16. The molecule has 4 heterocycles. The van der Waals surface area contributed by atoms with Crippen LogP contribution in [0.2, 0.25) is 0 Å². The van der Waals surface area contributed by atoms with Gasteiger partial charge in [-0.2, -0.15) is 4.98 Å². The summed E-state index contributed by atoms with van der Waals surface area (Å²) in [4.78, 5) is 31.6. The summed E-state index contributed by atoms with van der Waals surface area (Å²) in [5.41, 5.74) is 1.32. The van der Waals surface area contributed by atoms with Crippen molar-refractivity contribution in [2.45, 2.75) is 32.1 Å². The number of pyridine rings is 1. The van der Waals surface area contributed by atoms with E-state index in [-0.39, 0.29) is 11.8 Å². The number of carbonyl (C=O) groups is 1. The van der Waals surface area contributed by atoms with Crippen molar-refractivity contribution in [3.63, 3.8) is 0 Å². The second kappa shape index (κ2) is 7.61. The number of rotatable bonds is 4. The standard InChI is InChI=1S/C19H20N6O2/c1-2-16-21-10-15(11-22-16)19(26)25-8-4-6-14(12-25)18-23-17(24-27-18)13-5-3-7-20-9-13/h3,5,7,9-11,14H,2,4,6,8,12H2,1H3/t14-/m0/s1. The maximum absolute atomic E-state index is 12.8. The summed E-state index contributed by atoms with van der Waals surface area (Å²) in [5, 5.41) is 4.06. The highest BCUT2D eigenvalue weighted by molar-refractivity contribution is 5.93. The Labute approximate surface area is 156 Å². The van der Waals surface area contributed by atoms with Gasteiger partial charge in [0, 0.05) is 49.9 Å². The zero-order chi connectivity index (χ0) is 18.6. The minimum atomic E-state index is -0.0608. The predicted octanol–water partition coefficient (Wildman–Crippen LogP) is 2.50. The quantitative estimate of drug-likeness (QED) is 0.701. The Morgan fingerprint density at radius 2 is 2.15 bits per heavy atom. The molecule has 3 aromatic rings. The van der Waals surface area contributed by atoms with Crippen LogP contribution in [0.25, 0.3) is 11.4 Å². The third-order valence-electron chi connectivity index (χ3n) is 4.69. The molecule has 4 rings (SSSR count). The van der Waals surface area contributed by atoms with Crippen LogP contribution < -0.4 is 0 Å². The van der Waals surface area contributed by atoms with E-state index in [1.165, 1.54) is 0 Å². The summed E-state index contributed by atoms with van der Waals surface area (Å²) < 4.78 is 5.47. The lowest BCUT2D eigenvalue weighted by atomic mass is 9.97. The molecule has 1 aliphatic heterocycles. The molecule has 1 aliphatic rings. The van der Waals surface area contributed by atoms with Gasteiger partial charge in [-0.25, -0.2) is 9.97 Å². The van der Waals surface area contributed by atoms with Gasteiger partial charge in [-0.1, -0.05) is 12.1 Å². The number of piperidine rings is 1. The van der Waals surface area contributed by atoms with Crippen LogP contribution in [0, 0.1) is 0 Å². The topological polar surface area (TPSA) is 97.9 Å². The summed E-state index contributed by atoms with van der Waals surface area (Å²) in [7, 11) is 0. The van der Waals surface area contributed by atoms with Crippen LogP contribution in [-0.2, 0) is 6.42 Å². The molecule has 27 heavy (non-hydrogen) atoms. The van der Waals surface area contributed by atoms with Crippen LogP contribution >= 0.6 is 0 Å².